The van der Waals surface area contributed by atoms with Gasteiger partial charge in [0.05, 0.1) is 36.6 Å². The molecule has 49 heavy (non-hydrogen) atoms. The Bertz CT molecular complexity index is 1360. The van der Waals surface area contributed by atoms with Gasteiger partial charge in [0.2, 0.25) is 17.7 Å². The van der Waals surface area contributed by atoms with Crippen molar-refractivity contribution < 1.29 is 33.8 Å². The number of nitrogens with zero attached hydrogens (tertiary/aromatic N) is 3. The van der Waals surface area contributed by atoms with Gasteiger partial charge in [-0.05, 0) is 44.1 Å². The summed E-state index contributed by atoms with van der Waals surface area (Å²) in [5, 5.41) is 10.6. The Hall–Kier alpha value is -3.02. The Morgan fingerprint density at radius 1 is 1.18 bits per heavy atom. The molecule has 10 nitrogen and oxygen atoms in total. The van der Waals surface area contributed by atoms with Crippen molar-refractivity contribution in [1.82, 2.24) is 14.7 Å². The molecule has 270 valence electrons. The van der Waals surface area contributed by atoms with Gasteiger partial charge in [-0.1, -0.05) is 85.6 Å². The number of benzene rings is 1. The number of ether oxygens (including phenoxy) is 2. The second-order valence-corrected chi connectivity index (χ2v) is 15.3. The molecule has 3 aliphatic heterocycles. The number of aliphatic hydroxyl groups excluding tert-OH is 1. The van der Waals surface area contributed by atoms with Crippen molar-refractivity contribution in [3.8, 4) is 0 Å². The maximum absolute atomic E-state index is 14.7. The number of aliphatic hydroxyl groups is 1. The summed E-state index contributed by atoms with van der Waals surface area (Å²) >= 11 is 3.75. The predicted octanol–water partition coefficient (Wildman–Crippen LogP) is 5.05. The first kappa shape index (κ1) is 38.8. The van der Waals surface area contributed by atoms with Crippen LogP contribution in [0, 0.1) is 17.8 Å². The van der Waals surface area contributed by atoms with Crippen LogP contribution >= 0.6 is 15.9 Å². The molecular formula is C38H54BrN3O7. The number of carbonyl (C=O) groups excluding carboxylic acids is 4. The Kier molecular flexibility index (Phi) is 13.3. The number of hydrogen-bond acceptors (Lipinski definition) is 7. The second-order valence-electron chi connectivity index (χ2n) is 14.1. The number of halogens is 1. The summed E-state index contributed by atoms with van der Waals surface area (Å²) in [6, 6.07) is 7.05. The van der Waals surface area contributed by atoms with Gasteiger partial charge in [-0.25, -0.2) is 0 Å². The van der Waals surface area contributed by atoms with Gasteiger partial charge in [-0.3, -0.25) is 19.2 Å². The predicted molar refractivity (Wildman–Crippen MR) is 192 cm³/mol. The van der Waals surface area contributed by atoms with Gasteiger partial charge in [0.25, 0.3) is 0 Å². The van der Waals surface area contributed by atoms with E-state index in [4.69, 9.17) is 9.47 Å². The summed E-state index contributed by atoms with van der Waals surface area (Å²) in [6.45, 7) is 15.9. The number of likely N-dealkylation sites (tertiary alicyclic amines) is 1. The smallest absolute Gasteiger partial charge is 0.313 e. The molecule has 0 radical (unpaired) electrons. The van der Waals surface area contributed by atoms with E-state index in [0.717, 1.165) is 12.8 Å². The first-order valence-corrected chi connectivity index (χ1v) is 18.6. The van der Waals surface area contributed by atoms with Gasteiger partial charge in [0.1, 0.15) is 17.7 Å². The zero-order valence-electron chi connectivity index (χ0n) is 29.6. The summed E-state index contributed by atoms with van der Waals surface area (Å²) in [7, 11) is 1.69. The molecule has 1 unspecified atom stereocenters. The van der Waals surface area contributed by atoms with E-state index in [1.54, 1.807) is 29.0 Å². The highest BCUT2D eigenvalue weighted by molar-refractivity contribution is 9.09. The Morgan fingerprint density at radius 3 is 2.47 bits per heavy atom. The van der Waals surface area contributed by atoms with E-state index in [0.29, 0.717) is 37.9 Å². The second kappa shape index (κ2) is 16.8. The molecule has 3 aliphatic rings. The van der Waals surface area contributed by atoms with Crippen LogP contribution in [-0.4, -0.2) is 105 Å². The number of carbonyl (C=O) groups is 4. The molecule has 3 amide bonds. The number of rotatable bonds is 18. The van der Waals surface area contributed by atoms with Crippen molar-refractivity contribution in [2.75, 3.05) is 26.7 Å². The van der Waals surface area contributed by atoms with Gasteiger partial charge < -0.3 is 29.3 Å². The molecule has 1 spiro atoms. The van der Waals surface area contributed by atoms with Gasteiger partial charge in [-0.2, -0.15) is 0 Å². The number of amides is 3. The minimum atomic E-state index is -1.29. The average Bonchev–Trinajstić information content (AvgIpc) is 3.69. The van der Waals surface area contributed by atoms with Crippen molar-refractivity contribution in [2.45, 2.75) is 107 Å². The fourth-order valence-electron chi connectivity index (χ4n) is 7.92. The quantitative estimate of drug-likeness (QED) is 0.127. The molecule has 2 bridgehead atoms. The largest absolute Gasteiger partial charge is 0.455 e. The number of hydrogen-bond donors (Lipinski definition) is 1. The summed E-state index contributed by atoms with van der Waals surface area (Å²) in [5.41, 5.74) is -0.584. The van der Waals surface area contributed by atoms with E-state index in [1.807, 2.05) is 58.0 Å². The number of allylic oxidation sites excluding steroid dienone is 1. The highest BCUT2D eigenvalue weighted by Crippen LogP contribution is 2.61. The molecule has 1 N–H and O–H groups in total. The lowest BCUT2D eigenvalue weighted by atomic mass is 9.70. The zero-order chi connectivity index (χ0) is 36.0. The van der Waals surface area contributed by atoms with Crippen molar-refractivity contribution >= 4 is 39.6 Å². The first-order chi connectivity index (χ1) is 23.4. The Balaban J connectivity index is 1.75. The maximum atomic E-state index is 14.7. The highest BCUT2D eigenvalue weighted by Gasteiger charge is 2.77. The SMILES string of the molecule is C=CCCC(=O)N(C)[C@H](C)[C@H](OC(=O)[C@@H]1[C@H]2O[C@@]3(CC2Br)[C@H](C(=O)N(CC=C)CCCC)N([C@@H](CO)CC(C)C)C(=O)[C@@H]13)c1ccccc1. The molecule has 3 fully saturated rings. The average molecular weight is 745 g/mol. The van der Waals surface area contributed by atoms with Crippen LogP contribution in [0.2, 0.25) is 0 Å². The lowest BCUT2D eigenvalue weighted by Gasteiger charge is -2.40. The van der Waals surface area contributed by atoms with Crippen LogP contribution in [0.3, 0.4) is 0 Å². The molecule has 3 heterocycles. The molecule has 0 saturated carbocycles. The minimum absolute atomic E-state index is 0.109. The van der Waals surface area contributed by atoms with Crippen LogP contribution < -0.4 is 0 Å². The summed E-state index contributed by atoms with van der Waals surface area (Å²) < 4.78 is 13.1. The number of esters is 1. The molecule has 0 aromatic heterocycles. The molecule has 3 saturated heterocycles. The third-order valence-electron chi connectivity index (χ3n) is 10.4. The third-order valence-corrected chi connectivity index (χ3v) is 11.2. The number of fused-ring (bicyclic) bond motifs is 1. The summed E-state index contributed by atoms with van der Waals surface area (Å²) in [6.07, 6.45) is 5.09. The van der Waals surface area contributed by atoms with Crippen LogP contribution in [0.1, 0.15) is 77.9 Å². The third kappa shape index (κ3) is 7.69. The van der Waals surface area contributed by atoms with E-state index in [-0.39, 0.29) is 41.5 Å². The van der Waals surface area contributed by atoms with Gasteiger partial charge >= 0.3 is 5.97 Å². The summed E-state index contributed by atoms with van der Waals surface area (Å²) in [5.74, 6) is -3.23. The maximum Gasteiger partial charge on any atom is 0.313 e. The van der Waals surface area contributed by atoms with E-state index in [2.05, 4.69) is 29.1 Å². The molecule has 1 aromatic rings. The van der Waals surface area contributed by atoms with E-state index >= 15 is 0 Å². The molecule has 9 atom stereocenters. The first-order valence-electron chi connectivity index (χ1n) is 17.6. The van der Waals surface area contributed by atoms with E-state index in [1.165, 1.54) is 4.90 Å². The van der Waals surface area contributed by atoms with Crippen molar-refractivity contribution in [3.05, 3.63) is 61.2 Å². The number of unbranched alkanes of at least 4 members (excludes halogenated alkanes) is 1. The topological polar surface area (TPSA) is 117 Å². The fraction of sp³-hybridized carbons (Fsp3) is 0.632. The van der Waals surface area contributed by atoms with Crippen LogP contribution in [0.25, 0.3) is 0 Å². The number of alkyl halides is 1. The van der Waals surface area contributed by atoms with Crippen molar-refractivity contribution in [3.63, 3.8) is 0 Å². The standard InChI is InChI=1S/C38H54BrN3O7/c1-8-11-18-29(44)40(7)25(6)32(26-16-14-13-15-17-26)48-37(47)30-31-35(45)42(27(23-43)21-24(4)5)34(38(31)22-28(39)33(30)49-38)36(46)41(19-10-3)20-12-9-2/h8,10,13-17,24-25,27-28,30-34,43H,1,3,9,11-12,18-23H2,2,4-7H3/t25-,27-,28?,30+,31-,32+,33+,34+,38-/m1/s1. The molecule has 11 heteroatoms. The fourth-order valence-corrected chi connectivity index (χ4v) is 8.87. The molecular weight excluding hydrogens is 690 g/mol. The highest BCUT2D eigenvalue weighted by atomic mass is 79.9. The van der Waals surface area contributed by atoms with Crippen molar-refractivity contribution in [2.24, 2.45) is 17.8 Å². The molecule has 0 aliphatic carbocycles. The van der Waals surface area contributed by atoms with Crippen LogP contribution in [-0.2, 0) is 28.7 Å². The van der Waals surface area contributed by atoms with Gasteiger partial charge in [-0.15, -0.1) is 13.2 Å². The summed E-state index contributed by atoms with van der Waals surface area (Å²) in [4.78, 5) is 61.4. The van der Waals surface area contributed by atoms with E-state index < -0.39 is 53.7 Å². The normalized spacial score (nSPS) is 27.4. The Morgan fingerprint density at radius 2 is 1.88 bits per heavy atom. The lowest BCUT2D eigenvalue weighted by Crippen LogP contribution is -2.59. The lowest BCUT2D eigenvalue weighted by molar-refractivity contribution is -0.165. The minimum Gasteiger partial charge on any atom is -0.455 e. The zero-order valence-corrected chi connectivity index (χ0v) is 31.2. The van der Waals surface area contributed by atoms with E-state index in [9.17, 15) is 24.3 Å². The van der Waals surface area contributed by atoms with Crippen LogP contribution in [0.15, 0.2) is 55.6 Å². The number of likely N-dealkylation sites (N-methyl/N-ethyl adjacent to an activating group) is 1. The molecule has 1 aromatic carbocycles. The van der Waals surface area contributed by atoms with Crippen molar-refractivity contribution in [1.29, 1.82) is 0 Å². The monoisotopic (exact) mass is 743 g/mol. The van der Waals surface area contributed by atoms with Gasteiger partial charge in [0, 0.05) is 31.4 Å². The Labute approximate surface area is 300 Å². The van der Waals surface area contributed by atoms with Crippen LogP contribution in [0.5, 0.6) is 0 Å². The molecule has 4 rings (SSSR count). The van der Waals surface area contributed by atoms with Crippen LogP contribution in [0.4, 0.5) is 0 Å². The van der Waals surface area contributed by atoms with Gasteiger partial charge in [0.15, 0.2) is 0 Å².